The molecule has 1 spiro atoms. The van der Waals surface area contributed by atoms with Crippen LogP contribution in [0.5, 0.6) is 0 Å². The highest BCUT2D eigenvalue weighted by Gasteiger charge is 2.75. The molecule has 2 amide bonds. The zero-order chi connectivity index (χ0) is 25.1. The lowest BCUT2D eigenvalue weighted by atomic mass is 9.75. The van der Waals surface area contributed by atoms with Crippen molar-refractivity contribution in [1.82, 2.24) is 4.90 Å². The normalized spacial score (nSPS) is 34.8. The standard InChI is InChI=1S/C27H32N2O6/c1-5-18(15-30)29-22-24(32)28(19-14-16(2)8-9-17(19)3)12-6-11-27(22)20(23(29)31)21-25(33)34-13-7-10-26(21,4)35-27/h6-11,14,18,20-22,30H,5,12-13,15H2,1-4H3/t18-,20-,21+,22?,26-,27-/m0/s1. The number of rotatable bonds is 4. The van der Waals surface area contributed by atoms with E-state index in [-0.39, 0.29) is 25.0 Å². The fourth-order valence-corrected chi connectivity index (χ4v) is 6.33. The Morgan fingerprint density at radius 2 is 1.89 bits per heavy atom. The number of amides is 2. The van der Waals surface area contributed by atoms with Gasteiger partial charge in [0.05, 0.1) is 24.2 Å². The van der Waals surface area contributed by atoms with E-state index in [1.165, 1.54) is 4.90 Å². The molecule has 4 aliphatic rings. The molecule has 0 radical (unpaired) electrons. The van der Waals surface area contributed by atoms with E-state index < -0.39 is 41.1 Å². The summed E-state index contributed by atoms with van der Waals surface area (Å²) in [7, 11) is 0. The van der Waals surface area contributed by atoms with Gasteiger partial charge in [-0.2, -0.15) is 0 Å². The second-order valence-corrected chi connectivity index (χ2v) is 10.2. The van der Waals surface area contributed by atoms with Gasteiger partial charge in [0.15, 0.2) is 0 Å². The van der Waals surface area contributed by atoms with Crippen LogP contribution in [0, 0.1) is 25.7 Å². The number of ether oxygens (including phenoxy) is 2. The van der Waals surface area contributed by atoms with Crippen molar-refractivity contribution in [2.75, 3.05) is 24.7 Å². The van der Waals surface area contributed by atoms with Crippen molar-refractivity contribution in [2.24, 2.45) is 11.8 Å². The van der Waals surface area contributed by atoms with Gasteiger partial charge in [-0.15, -0.1) is 0 Å². The number of hydrogen-bond donors (Lipinski definition) is 1. The van der Waals surface area contributed by atoms with E-state index in [1.54, 1.807) is 30.1 Å². The Morgan fingerprint density at radius 3 is 2.60 bits per heavy atom. The fourth-order valence-electron chi connectivity index (χ4n) is 6.33. The summed E-state index contributed by atoms with van der Waals surface area (Å²) in [5.41, 5.74) is 0.259. The lowest BCUT2D eigenvalue weighted by molar-refractivity contribution is -0.157. The maximum Gasteiger partial charge on any atom is 0.313 e. The summed E-state index contributed by atoms with van der Waals surface area (Å²) >= 11 is 0. The molecule has 0 saturated carbocycles. The summed E-state index contributed by atoms with van der Waals surface area (Å²) in [6.07, 6.45) is 7.61. The quantitative estimate of drug-likeness (QED) is 0.524. The number of anilines is 1. The first kappa shape index (κ1) is 23.8. The minimum Gasteiger partial charge on any atom is -0.461 e. The average Bonchev–Trinajstić information content (AvgIpc) is 3.08. The number of cyclic esters (lactones) is 1. The van der Waals surface area contributed by atoms with Gasteiger partial charge >= 0.3 is 5.97 Å². The van der Waals surface area contributed by atoms with Gasteiger partial charge < -0.3 is 24.4 Å². The molecule has 6 atom stereocenters. The Hall–Kier alpha value is -2.97. The molecule has 0 aromatic heterocycles. The van der Waals surface area contributed by atoms with Crippen LogP contribution in [0.4, 0.5) is 5.69 Å². The van der Waals surface area contributed by atoms with E-state index >= 15 is 0 Å². The van der Waals surface area contributed by atoms with Crippen molar-refractivity contribution in [1.29, 1.82) is 0 Å². The third-order valence-corrected chi connectivity index (χ3v) is 7.98. The molecule has 1 aromatic carbocycles. The van der Waals surface area contributed by atoms with E-state index in [4.69, 9.17) is 9.47 Å². The molecule has 4 aliphatic heterocycles. The average molecular weight is 481 g/mol. The first-order valence-electron chi connectivity index (χ1n) is 12.2. The van der Waals surface area contributed by atoms with Crippen LogP contribution in [0.15, 0.2) is 42.5 Å². The fraction of sp³-hybridized carbons (Fsp3) is 0.519. The number of carbonyl (C=O) groups is 3. The third kappa shape index (κ3) is 3.30. The monoisotopic (exact) mass is 480 g/mol. The van der Waals surface area contributed by atoms with E-state index in [9.17, 15) is 19.5 Å². The van der Waals surface area contributed by atoms with Crippen molar-refractivity contribution < 1.29 is 29.0 Å². The number of benzene rings is 1. The Kier molecular flexibility index (Phi) is 5.64. The number of likely N-dealkylation sites (tertiary alicyclic amines) is 1. The van der Waals surface area contributed by atoms with Gasteiger partial charge in [-0.05, 0) is 50.5 Å². The number of aryl methyl sites for hydroxylation is 2. The number of carbonyl (C=O) groups excluding carboxylic acids is 3. The molecule has 2 saturated heterocycles. The van der Waals surface area contributed by atoms with Gasteiger partial charge in [-0.3, -0.25) is 14.4 Å². The number of hydrogen-bond acceptors (Lipinski definition) is 6. The zero-order valence-electron chi connectivity index (χ0n) is 20.6. The highest BCUT2D eigenvalue weighted by Crippen LogP contribution is 2.57. The number of nitrogens with zero attached hydrogens (tertiary/aromatic N) is 2. The van der Waals surface area contributed by atoms with Crippen LogP contribution in [0.2, 0.25) is 0 Å². The molecule has 1 N–H and O–H groups in total. The predicted molar refractivity (Wildman–Crippen MR) is 129 cm³/mol. The van der Waals surface area contributed by atoms with Crippen LogP contribution >= 0.6 is 0 Å². The molecule has 1 unspecified atom stereocenters. The molecular formula is C27H32N2O6. The van der Waals surface area contributed by atoms with Crippen LogP contribution in [0.1, 0.15) is 31.4 Å². The predicted octanol–water partition coefficient (Wildman–Crippen LogP) is 2.06. The van der Waals surface area contributed by atoms with Crippen LogP contribution in [-0.2, 0) is 23.9 Å². The first-order chi connectivity index (χ1) is 16.7. The molecule has 5 rings (SSSR count). The van der Waals surface area contributed by atoms with Gasteiger partial charge in [0.25, 0.3) is 5.91 Å². The molecule has 35 heavy (non-hydrogen) atoms. The molecule has 4 heterocycles. The molecule has 186 valence electrons. The summed E-state index contributed by atoms with van der Waals surface area (Å²) < 4.78 is 12.1. The van der Waals surface area contributed by atoms with Crippen LogP contribution in [0.3, 0.4) is 0 Å². The topological polar surface area (TPSA) is 96.4 Å². The molecular weight excluding hydrogens is 448 g/mol. The van der Waals surface area contributed by atoms with Gasteiger partial charge in [0.1, 0.15) is 24.2 Å². The van der Waals surface area contributed by atoms with Gasteiger partial charge in [-0.25, -0.2) is 0 Å². The van der Waals surface area contributed by atoms with Gasteiger partial charge in [0.2, 0.25) is 5.91 Å². The first-order valence-corrected chi connectivity index (χ1v) is 12.2. The van der Waals surface area contributed by atoms with Gasteiger partial charge in [0, 0.05) is 12.2 Å². The van der Waals surface area contributed by atoms with Crippen LogP contribution in [0.25, 0.3) is 0 Å². The van der Waals surface area contributed by atoms with Crippen molar-refractivity contribution in [3.05, 3.63) is 53.6 Å². The molecule has 0 bridgehead atoms. The summed E-state index contributed by atoms with van der Waals surface area (Å²) in [4.78, 5) is 44.7. The highest BCUT2D eigenvalue weighted by molar-refractivity contribution is 6.06. The second kappa shape index (κ2) is 8.31. The second-order valence-electron chi connectivity index (χ2n) is 10.2. The number of aliphatic hydroxyl groups excluding tert-OH is 1. The van der Waals surface area contributed by atoms with Crippen LogP contribution < -0.4 is 4.90 Å². The minimum absolute atomic E-state index is 0.110. The lowest BCUT2D eigenvalue weighted by Gasteiger charge is -2.40. The Balaban J connectivity index is 1.70. The van der Waals surface area contributed by atoms with Crippen molar-refractivity contribution in [3.8, 4) is 0 Å². The van der Waals surface area contributed by atoms with E-state index in [0.29, 0.717) is 13.0 Å². The van der Waals surface area contributed by atoms with E-state index in [0.717, 1.165) is 16.8 Å². The molecule has 8 nitrogen and oxygen atoms in total. The Labute approximate surface area is 205 Å². The number of fused-ring (bicyclic) bond motifs is 2. The summed E-state index contributed by atoms with van der Waals surface area (Å²) in [5, 5.41) is 10.2. The molecule has 1 aromatic rings. The van der Waals surface area contributed by atoms with Crippen molar-refractivity contribution >= 4 is 23.5 Å². The smallest absolute Gasteiger partial charge is 0.313 e. The van der Waals surface area contributed by atoms with Crippen molar-refractivity contribution in [2.45, 2.75) is 57.4 Å². The highest BCUT2D eigenvalue weighted by atomic mass is 16.6. The Bertz CT molecular complexity index is 1140. The summed E-state index contributed by atoms with van der Waals surface area (Å²) in [6, 6.07) is 4.31. The van der Waals surface area contributed by atoms with Crippen molar-refractivity contribution in [3.63, 3.8) is 0 Å². The number of esters is 1. The largest absolute Gasteiger partial charge is 0.461 e. The molecule has 0 aliphatic carbocycles. The van der Waals surface area contributed by atoms with E-state index in [1.807, 2.05) is 45.0 Å². The molecule has 2 fully saturated rings. The zero-order valence-corrected chi connectivity index (χ0v) is 20.6. The maximum atomic E-state index is 14.4. The maximum absolute atomic E-state index is 14.4. The van der Waals surface area contributed by atoms with Gasteiger partial charge in [-0.1, -0.05) is 37.3 Å². The molecule has 8 heteroatoms. The summed E-state index contributed by atoms with van der Waals surface area (Å²) in [5.74, 6) is -3.00. The minimum atomic E-state index is -1.36. The Morgan fingerprint density at radius 1 is 1.11 bits per heavy atom. The van der Waals surface area contributed by atoms with Crippen LogP contribution in [-0.4, -0.2) is 70.8 Å². The summed E-state index contributed by atoms with van der Waals surface area (Å²) in [6.45, 7) is 7.67. The third-order valence-electron chi connectivity index (χ3n) is 7.98. The van der Waals surface area contributed by atoms with E-state index in [2.05, 4.69) is 0 Å². The lowest BCUT2D eigenvalue weighted by Crippen LogP contribution is -2.58. The number of aliphatic hydroxyl groups is 1. The SMILES string of the molecule is CC[C@@H](CO)N1C(=O)[C@@H]2[C@@H]3C(=O)OCC=C[C@]3(C)O[C@@]23C=CCN(c2cc(C)ccc2C)C(=O)C13.